The Morgan fingerprint density at radius 3 is 2.73 bits per heavy atom. The average molecular weight is 319 g/mol. The molecule has 3 rings (SSSR count). The summed E-state index contributed by atoms with van der Waals surface area (Å²) in [5.74, 6) is 0.763. The standard InChI is InChI=1S/C18H22N2O.ClH/c1-20-11-10-13-6-3-4-8-15(13)16(20)12-14-7-5-9-17(21-2)18(14)19;/h3-9,16H,10-12,19H2,1-2H3;1H. The van der Waals surface area contributed by atoms with Crippen LogP contribution >= 0.6 is 12.4 Å². The minimum Gasteiger partial charge on any atom is -0.495 e. The van der Waals surface area contributed by atoms with Gasteiger partial charge in [0.2, 0.25) is 0 Å². The SMILES string of the molecule is COc1cccc(CC2c3ccccc3CCN2C)c1N.Cl. The van der Waals surface area contributed by atoms with E-state index >= 15 is 0 Å². The van der Waals surface area contributed by atoms with Crippen molar-refractivity contribution in [3.05, 3.63) is 59.2 Å². The van der Waals surface area contributed by atoms with Crippen molar-refractivity contribution in [1.29, 1.82) is 0 Å². The predicted octanol–water partition coefficient (Wildman–Crippen LogP) is 3.47. The van der Waals surface area contributed by atoms with Crippen molar-refractivity contribution in [2.24, 2.45) is 0 Å². The van der Waals surface area contributed by atoms with E-state index in [1.54, 1.807) is 7.11 Å². The molecule has 2 N–H and O–H groups in total. The maximum absolute atomic E-state index is 6.23. The topological polar surface area (TPSA) is 38.5 Å². The normalized spacial score (nSPS) is 17.5. The van der Waals surface area contributed by atoms with Crippen LogP contribution in [0.2, 0.25) is 0 Å². The zero-order valence-electron chi connectivity index (χ0n) is 13.1. The third-order valence-electron chi connectivity index (χ3n) is 4.47. The molecular weight excluding hydrogens is 296 g/mol. The minimum atomic E-state index is 0. The van der Waals surface area contributed by atoms with Crippen LogP contribution in [0.1, 0.15) is 22.7 Å². The molecule has 4 heteroatoms. The number of halogens is 1. The van der Waals surface area contributed by atoms with E-state index in [9.17, 15) is 0 Å². The molecule has 1 heterocycles. The molecule has 0 amide bonds. The van der Waals surface area contributed by atoms with E-state index in [2.05, 4.69) is 42.3 Å². The van der Waals surface area contributed by atoms with Crippen LogP contribution in [0.3, 0.4) is 0 Å². The van der Waals surface area contributed by atoms with Gasteiger partial charge in [-0.1, -0.05) is 36.4 Å². The number of nitrogens with two attached hydrogens (primary N) is 1. The van der Waals surface area contributed by atoms with Gasteiger partial charge < -0.3 is 10.5 Å². The number of fused-ring (bicyclic) bond motifs is 1. The largest absolute Gasteiger partial charge is 0.495 e. The van der Waals surface area contributed by atoms with Crippen molar-refractivity contribution in [1.82, 2.24) is 4.90 Å². The van der Waals surface area contributed by atoms with Gasteiger partial charge in [-0.15, -0.1) is 12.4 Å². The number of para-hydroxylation sites is 1. The Kier molecular flexibility index (Phi) is 5.33. The molecule has 0 aromatic heterocycles. The van der Waals surface area contributed by atoms with Crippen LogP contribution in [-0.2, 0) is 12.8 Å². The molecular formula is C18H23ClN2O. The fourth-order valence-corrected chi connectivity index (χ4v) is 3.20. The number of methoxy groups -OCH3 is 1. The Morgan fingerprint density at radius 1 is 1.18 bits per heavy atom. The molecule has 1 aliphatic rings. The van der Waals surface area contributed by atoms with Crippen LogP contribution in [0.25, 0.3) is 0 Å². The van der Waals surface area contributed by atoms with E-state index in [4.69, 9.17) is 10.5 Å². The molecule has 0 saturated heterocycles. The molecule has 3 nitrogen and oxygen atoms in total. The third-order valence-corrected chi connectivity index (χ3v) is 4.47. The Balaban J connectivity index is 0.00000176. The second-order valence-corrected chi connectivity index (χ2v) is 5.68. The van der Waals surface area contributed by atoms with Gasteiger partial charge in [0.15, 0.2) is 0 Å². The summed E-state index contributed by atoms with van der Waals surface area (Å²) in [5.41, 5.74) is 11.0. The van der Waals surface area contributed by atoms with Crippen LogP contribution in [-0.4, -0.2) is 25.6 Å². The van der Waals surface area contributed by atoms with E-state index in [0.29, 0.717) is 6.04 Å². The maximum Gasteiger partial charge on any atom is 0.142 e. The van der Waals surface area contributed by atoms with Crippen LogP contribution in [0.4, 0.5) is 5.69 Å². The number of hydrogen-bond acceptors (Lipinski definition) is 3. The molecule has 2 aromatic rings. The van der Waals surface area contributed by atoms with Gasteiger partial charge in [-0.2, -0.15) is 0 Å². The number of benzene rings is 2. The van der Waals surface area contributed by atoms with Gasteiger partial charge in [-0.05, 0) is 42.6 Å². The molecule has 118 valence electrons. The van der Waals surface area contributed by atoms with E-state index in [1.807, 2.05) is 12.1 Å². The van der Waals surface area contributed by atoms with Crippen LogP contribution < -0.4 is 10.5 Å². The summed E-state index contributed by atoms with van der Waals surface area (Å²) in [6.07, 6.45) is 2.04. The quantitative estimate of drug-likeness (QED) is 0.881. The van der Waals surface area contributed by atoms with E-state index < -0.39 is 0 Å². The monoisotopic (exact) mass is 318 g/mol. The van der Waals surface area contributed by atoms with Gasteiger partial charge in [0.1, 0.15) is 5.75 Å². The number of hydrogen-bond donors (Lipinski definition) is 1. The summed E-state index contributed by atoms with van der Waals surface area (Å²) in [7, 11) is 3.86. The summed E-state index contributed by atoms with van der Waals surface area (Å²) < 4.78 is 5.33. The van der Waals surface area contributed by atoms with E-state index in [1.165, 1.54) is 11.1 Å². The number of ether oxygens (including phenoxy) is 1. The number of nitrogen functional groups attached to an aromatic ring is 1. The van der Waals surface area contributed by atoms with Gasteiger partial charge in [0.25, 0.3) is 0 Å². The first-order valence-corrected chi connectivity index (χ1v) is 7.40. The number of nitrogens with zero attached hydrogens (tertiary/aromatic N) is 1. The lowest BCUT2D eigenvalue weighted by Gasteiger charge is -2.35. The smallest absolute Gasteiger partial charge is 0.142 e. The molecule has 0 radical (unpaired) electrons. The summed E-state index contributed by atoms with van der Waals surface area (Å²) in [6.45, 7) is 1.09. The van der Waals surface area contributed by atoms with E-state index in [-0.39, 0.29) is 12.4 Å². The van der Waals surface area contributed by atoms with Crippen LogP contribution in [0, 0.1) is 0 Å². The predicted molar refractivity (Wildman–Crippen MR) is 93.9 cm³/mol. The van der Waals surface area contributed by atoms with Crippen LogP contribution in [0.5, 0.6) is 5.75 Å². The second kappa shape index (κ2) is 7.03. The van der Waals surface area contributed by atoms with Gasteiger partial charge in [0, 0.05) is 12.6 Å². The zero-order valence-corrected chi connectivity index (χ0v) is 13.9. The lowest BCUT2D eigenvalue weighted by atomic mass is 9.88. The highest BCUT2D eigenvalue weighted by molar-refractivity contribution is 5.85. The molecule has 0 bridgehead atoms. The first kappa shape index (κ1) is 16.7. The van der Waals surface area contributed by atoms with Crippen molar-refractivity contribution in [3.8, 4) is 5.75 Å². The van der Waals surface area contributed by atoms with Crippen molar-refractivity contribution in [2.45, 2.75) is 18.9 Å². The van der Waals surface area contributed by atoms with Crippen molar-refractivity contribution in [3.63, 3.8) is 0 Å². The Bertz CT molecular complexity index is 645. The molecule has 0 spiro atoms. The summed E-state index contributed by atoms with van der Waals surface area (Å²) in [6, 6.07) is 15.1. The van der Waals surface area contributed by atoms with Gasteiger partial charge in [-0.25, -0.2) is 0 Å². The maximum atomic E-state index is 6.23. The van der Waals surface area contributed by atoms with Crippen molar-refractivity contribution in [2.75, 3.05) is 26.4 Å². The fourth-order valence-electron chi connectivity index (χ4n) is 3.20. The fraction of sp³-hybridized carbons (Fsp3) is 0.333. The number of likely N-dealkylation sites (N-methyl/N-ethyl adjacent to an activating group) is 1. The van der Waals surface area contributed by atoms with Gasteiger partial charge in [0.05, 0.1) is 12.8 Å². The van der Waals surface area contributed by atoms with E-state index in [0.717, 1.165) is 36.4 Å². The first-order chi connectivity index (χ1) is 10.2. The Hall–Kier alpha value is -1.71. The average Bonchev–Trinajstić information content (AvgIpc) is 2.52. The summed E-state index contributed by atoms with van der Waals surface area (Å²) in [4.78, 5) is 2.42. The Labute approximate surface area is 138 Å². The van der Waals surface area contributed by atoms with Crippen molar-refractivity contribution < 1.29 is 4.74 Å². The molecule has 0 fully saturated rings. The molecule has 1 unspecified atom stereocenters. The lowest BCUT2D eigenvalue weighted by molar-refractivity contribution is 0.229. The molecule has 1 aliphatic heterocycles. The highest BCUT2D eigenvalue weighted by Gasteiger charge is 2.25. The molecule has 0 aliphatic carbocycles. The summed E-state index contributed by atoms with van der Waals surface area (Å²) in [5, 5.41) is 0. The zero-order chi connectivity index (χ0) is 14.8. The first-order valence-electron chi connectivity index (χ1n) is 7.40. The molecule has 1 atom stereocenters. The Morgan fingerprint density at radius 2 is 1.95 bits per heavy atom. The summed E-state index contributed by atoms with van der Waals surface area (Å²) >= 11 is 0. The number of rotatable bonds is 3. The van der Waals surface area contributed by atoms with Crippen molar-refractivity contribution >= 4 is 18.1 Å². The highest BCUT2D eigenvalue weighted by atomic mass is 35.5. The number of anilines is 1. The molecule has 22 heavy (non-hydrogen) atoms. The third kappa shape index (κ3) is 3.06. The highest BCUT2D eigenvalue weighted by Crippen LogP contribution is 2.34. The second-order valence-electron chi connectivity index (χ2n) is 5.68. The molecule has 0 saturated carbocycles. The molecule has 2 aromatic carbocycles. The minimum absolute atomic E-state index is 0. The lowest BCUT2D eigenvalue weighted by Crippen LogP contribution is -2.33. The van der Waals surface area contributed by atoms with Gasteiger partial charge >= 0.3 is 0 Å². The van der Waals surface area contributed by atoms with Crippen LogP contribution in [0.15, 0.2) is 42.5 Å². The van der Waals surface area contributed by atoms with Gasteiger partial charge in [-0.3, -0.25) is 4.90 Å².